The van der Waals surface area contributed by atoms with Crippen molar-refractivity contribution in [2.45, 2.75) is 58.1 Å². The van der Waals surface area contributed by atoms with E-state index in [1.807, 2.05) is 7.11 Å². The highest BCUT2D eigenvalue weighted by Gasteiger charge is 2.34. The van der Waals surface area contributed by atoms with Crippen LogP contribution in [0.15, 0.2) is 0 Å². The van der Waals surface area contributed by atoms with Gasteiger partial charge >= 0.3 is 0 Å². The molecule has 0 aromatic rings. The molecule has 0 aromatic heterocycles. The number of hydrogen-bond acceptors (Lipinski definition) is 3. The minimum absolute atomic E-state index is 0.392. The zero-order chi connectivity index (χ0) is 13.8. The van der Waals surface area contributed by atoms with E-state index in [-0.39, 0.29) is 0 Å². The van der Waals surface area contributed by atoms with Crippen LogP contribution in [0.4, 0.5) is 0 Å². The summed E-state index contributed by atoms with van der Waals surface area (Å²) < 4.78 is 5.65. The highest BCUT2D eigenvalue weighted by molar-refractivity contribution is 4.89. The zero-order valence-electron chi connectivity index (χ0n) is 13.0. The number of hydrogen-bond donors (Lipinski definition) is 1. The number of nitrogens with zero attached hydrogens (tertiary/aromatic N) is 1. The Morgan fingerprint density at radius 1 is 1.26 bits per heavy atom. The van der Waals surface area contributed by atoms with Gasteiger partial charge in [-0.05, 0) is 43.6 Å². The summed E-state index contributed by atoms with van der Waals surface area (Å²) in [5, 5.41) is 0. The molecule has 1 saturated heterocycles. The lowest BCUT2D eigenvalue weighted by Crippen LogP contribution is -2.54. The van der Waals surface area contributed by atoms with Crippen molar-refractivity contribution in [2.24, 2.45) is 23.5 Å². The lowest BCUT2D eigenvalue weighted by Gasteiger charge is -2.44. The molecule has 0 spiro atoms. The highest BCUT2D eigenvalue weighted by atomic mass is 16.5. The van der Waals surface area contributed by atoms with Crippen molar-refractivity contribution in [1.29, 1.82) is 0 Å². The van der Waals surface area contributed by atoms with Crippen molar-refractivity contribution < 1.29 is 4.74 Å². The lowest BCUT2D eigenvalue weighted by molar-refractivity contribution is -0.0309. The first kappa shape index (κ1) is 15.3. The smallest absolute Gasteiger partial charge is 0.0724 e. The molecule has 5 unspecified atom stereocenters. The summed E-state index contributed by atoms with van der Waals surface area (Å²) in [6.45, 7) is 7.79. The Morgan fingerprint density at radius 3 is 2.68 bits per heavy atom. The van der Waals surface area contributed by atoms with E-state index in [2.05, 4.69) is 18.7 Å². The summed E-state index contributed by atoms with van der Waals surface area (Å²) in [4.78, 5) is 2.62. The molecule has 2 N–H and O–H groups in total. The molecule has 1 aliphatic carbocycles. The van der Waals surface area contributed by atoms with Crippen molar-refractivity contribution in [2.75, 3.05) is 26.7 Å². The quantitative estimate of drug-likeness (QED) is 0.851. The fourth-order valence-corrected chi connectivity index (χ4v) is 4.14. The van der Waals surface area contributed by atoms with Crippen LogP contribution in [0.2, 0.25) is 0 Å². The molecule has 1 aliphatic heterocycles. The van der Waals surface area contributed by atoms with Gasteiger partial charge in [-0.15, -0.1) is 0 Å². The van der Waals surface area contributed by atoms with Gasteiger partial charge in [-0.1, -0.05) is 26.7 Å². The van der Waals surface area contributed by atoms with E-state index in [0.717, 1.165) is 24.9 Å². The van der Waals surface area contributed by atoms with E-state index in [1.165, 1.54) is 38.6 Å². The van der Waals surface area contributed by atoms with Gasteiger partial charge in [-0.3, -0.25) is 4.90 Å². The monoisotopic (exact) mass is 268 g/mol. The lowest BCUT2D eigenvalue weighted by atomic mass is 9.77. The third-order valence-electron chi connectivity index (χ3n) is 5.46. The van der Waals surface area contributed by atoms with Crippen LogP contribution >= 0.6 is 0 Å². The Kier molecular flexibility index (Phi) is 5.67. The molecule has 2 rings (SSSR count). The van der Waals surface area contributed by atoms with Gasteiger partial charge in [0.25, 0.3) is 0 Å². The molecular formula is C16H32N2O. The minimum Gasteiger partial charge on any atom is -0.380 e. The van der Waals surface area contributed by atoms with Gasteiger partial charge < -0.3 is 10.5 Å². The number of methoxy groups -OCH3 is 1. The molecule has 1 heterocycles. The normalized spacial score (nSPS) is 39.2. The maximum atomic E-state index is 6.12. The molecular weight excluding hydrogens is 236 g/mol. The number of rotatable bonds is 4. The third-order valence-corrected chi connectivity index (χ3v) is 5.46. The van der Waals surface area contributed by atoms with E-state index in [4.69, 9.17) is 10.5 Å². The number of piperidine rings is 1. The molecule has 0 aromatic carbocycles. The second-order valence-corrected chi connectivity index (χ2v) is 6.87. The molecule has 2 aliphatic rings. The van der Waals surface area contributed by atoms with Gasteiger partial charge in [0.05, 0.1) is 6.10 Å². The Morgan fingerprint density at radius 2 is 2.05 bits per heavy atom. The molecule has 0 amide bonds. The van der Waals surface area contributed by atoms with Crippen molar-refractivity contribution >= 4 is 0 Å². The first-order chi connectivity index (χ1) is 9.15. The summed E-state index contributed by atoms with van der Waals surface area (Å²) in [7, 11) is 1.85. The largest absolute Gasteiger partial charge is 0.380 e. The van der Waals surface area contributed by atoms with E-state index in [0.29, 0.717) is 18.1 Å². The molecule has 19 heavy (non-hydrogen) atoms. The van der Waals surface area contributed by atoms with Crippen LogP contribution in [0.1, 0.15) is 46.0 Å². The van der Waals surface area contributed by atoms with Gasteiger partial charge in [-0.2, -0.15) is 0 Å². The van der Waals surface area contributed by atoms with Gasteiger partial charge in [0.2, 0.25) is 0 Å². The molecule has 3 heteroatoms. The predicted octanol–water partition coefficient (Wildman–Crippen LogP) is 2.50. The summed E-state index contributed by atoms with van der Waals surface area (Å²) in [5.74, 6) is 2.37. The minimum atomic E-state index is 0.392. The third kappa shape index (κ3) is 3.71. The van der Waals surface area contributed by atoms with E-state index < -0.39 is 0 Å². The molecule has 1 saturated carbocycles. The average Bonchev–Trinajstić information content (AvgIpc) is 2.41. The van der Waals surface area contributed by atoms with Gasteiger partial charge in [-0.25, -0.2) is 0 Å². The maximum Gasteiger partial charge on any atom is 0.0724 e. The topological polar surface area (TPSA) is 38.5 Å². The van der Waals surface area contributed by atoms with Gasteiger partial charge in [0.15, 0.2) is 0 Å². The first-order valence-corrected chi connectivity index (χ1v) is 8.12. The van der Waals surface area contributed by atoms with Crippen LogP contribution in [0.5, 0.6) is 0 Å². The van der Waals surface area contributed by atoms with E-state index in [9.17, 15) is 0 Å². The molecule has 2 fully saturated rings. The number of likely N-dealkylation sites (tertiary alicyclic amines) is 1. The van der Waals surface area contributed by atoms with Gasteiger partial charge in [0, 0.05) is 26.2 Å². The highest BCUT2D eigenvalue weighted by Crippen LogP contribution is 2.34. The molecule has 3 nitrogen and oxygen atoms in total. The first-order valence-electron chi connectivity index (χ1n) is 8.12. The summed E-state index contributed by atoms with van der Waals surface area (Å²) in [6.07, 6.45) is 7.17. The number of ether oxygens (including phenoxy) is 1. The average molecular weight is 268 g/mol. The molecule has 0 radical (unpaired) electrons. The summed E-state index contributed by atoms with van der Waals surface area (Å²) in [6, 6.07) is 0.577. The Labute approximate surface area is 118 Å². The summed E-state index contributed by atoms with van der Waals surface area (Å²) in [5.41, 5.74) is 6.12. The van der Waals surface area contributed by atoms with Gasteiger partial charge in [0.1, 0.15) is 0 Å². The molecule has 0 bridgehead atoms. The van der Waals surface area contributed by atoms with Crippen molar-refractivity contribution in [1.82, 2.24) is 4.90 Å². The number of nitrogens with two attached hydrogens (primary N) is 1. The van der Waals surface area contributed by atoms with E-state index in [1.54, 1.807) is 0 Å². The zero-order valence-corrected chi connectivity index (χ0v) is 13.0. The van der Waals surface area contributed by atoms with Crippen LogP contribution in [0.3, 0.4) is 0 Å². The Hall–Kier alpha value is -0.120. The second kappa shape index (κ2) is 7.05. The van der Waals surface area contributed by atoms with Crippen molar-refractivity contribution in [3.05, 3.63) is 0 Å². The maximum absolute atomic E-state index is 6.12. The molecule has 112 valence electrons. The SMILES string of the molecule is COC1CN(C(CN)C2CCCC(C)C2)CCC1C. The predicted molar refractivity (Wildman–Crippen MR) is 80.1 cm³/mol. The van der Waals surface area contributed by atoms with E-state index >= 15 is 0 Å². The standard InChI is InChI=1S/C16H32N2O/c1-12-5-4-6-14(9-12)15(10-17)18-8-7-13(2)16(11-18)19-3/h12-16H,4-11,17H2,1-3H3. The Bertz CT molecular complexity index is 271. The van der Waals surface area contributed by atoms with Crippen LogP contribution in [0.25, 0.3) is 0 Å². The van der Waals surface area contributed by atoms with Crippen LogP contribution in [0, 0.1) is 17.8 Å². The van der Waals surface area contributed by atoms with Crippen LogP contribution in [-0.4, -0.2) is 43.8 Å². The second-order valence-electron chi connectivity index (χ2n) is 6.87. The van der Waals surface area contributed by atoms with Crippen molar-refractivity contribution in [3.63, 3.8) is 0 Å². The fourth-order valence-electron chi connectivity index (χ4n) is 4.14. The fraction of sp³-hybridized carbons (Fsp3) is 1.00. The van der Waals surface area contributed by atoms with Crippen LogP contribution in [-0.2, 0) is 4.74 Å². The van der Waals surface area contributed by atoms with Crippen LogP contribution < -0.4 is 5.73 Å². The summed E-state index contributed by atoms with van der Waals surface area (Å²) >= 11 is 0. The Balaban J connectivity index is 1.96. The van der Waals surface area contributed by atoms with Crippen molar-refractivity contribution in [3.8, 4) is 0 Å². The molecule has 5 atom stereocenters.